The van der Waals surface area contributed by atoms with E-state index in [0.29, 0.717) is 11.3 Å². The molecule has 1 aromatic carbocycles. The second kappa shape index (κ2) is 5.69. The minimum atomic E-state index is -3.76. The van der Waals surface area contributed by atoms with E-state index < -0.39 is 21.3 Å². The summed E-state index contributed by atoms with van der Waals surface area (Å²) in [6.07, 6.45) is 0. The average molecular weight is 292 g/mol. The molecular formula is C11H14ClNO4S. The number of ether oxygens (including phenoxy) is 1. The van der Waals surface area contributed by atoms with Crippen LogP contribution < -0.4 is 9.46 Å². The van der Waals surface area contributed by atoms with Gasteiger partial charge in [-0.3, -0.25) is 4.79 Å². The smallest absolute Gasteiger partial charge is 0.241 e. The van der Waals surface area contributed by atoms with Crippen molar-refractivity contribution in [3.63, 3.8) is 0 Å². The fourth-order valence-electron chi connectivity index (χ4n) is 1.37. The van der Waals surface area contributed by atoms with Gasteiger partial charge in [0.25, 0.3) is 0 Å². The van der Waals surface area contributed by atoms with Crippen LogP contribution in [0.4, 0.5) is 0 Å². The molecule has 5 nitrogen and oxygen atoms in total. The highest BCUT2D eigenvalue weighted by Crippen LogP contribution is 2.21. The first-order valence-corrected chi connectivity index (χ1v) is 7.00. The van der Waals surface area contributed by atoms with E-state index in [1.165, 1.54) is 26.2 Å². The molecule has 0 bridgehead atoms. The lowest BCUT2D eigenvalue weighted by Gasteiger charge is -2.12. The number of hydrogen-bond donors (Lipinski definition) is 1. The summed E-state index contributed by atoms with van der Waals surface area (Å²) in [7, 11) is -2.26. The fraction of sp³-hybridized carbons (Fsp3) is 0.364. The third kappa shape index (κ3) is 3.44. The van der Waals surface area contributed by atoms with Gasteiger partial charge in [-0.1, -0.05) is 0 Å². The van der Waals surface area contributed by atoms with Crippen molar-refractivity contribution in [1.82, 2.24) is 4.72 Å². The predicted octanol–water partition coefficient (Wildman–Crippen LogP) is 1.44. The minimum absolute atomic E-state index is 0.0607. The maximum absolute atomic E-state index is 11.9. The van der Waals surface area contributed by atoms with Gasteiger partial charge in [0.2, 0.25) is 15.3 Å². The number of sulfonamides is 1. The van der Waals surface area contributed by atoms with Crippen molar-refractivity contribution in [3.8, 4) is 5.75 Å². The van der Waals surface area contributed by atoms with E-state index in [0.717, 1.165) is 0 Å². The molecule has 0 heterocycles. The van der Waals surface area contributed by atoms with Gasteiger partial charge in [-0.2, -0.15) is 4.72 Å². The monoisotopic (exact) mass is 291 g/mol. The molecule has 0 aliphatic carbocycles. The van der Waals surface area contributed by atoms with Crippen molar-refractivity contribution in [2.45, 2.75) is 24.8 Å². The van der Waals surface area contributed by atoms with Crippen LogP contribution in [0.3, 0.4) is 0 Å². The Labute approximate surface area is 111 Å². The summed E-state index contributed by atoms with van der Waals surface area (Å²) in [6.45, 7) is 3.11. The van der Waals surface area contributed by atoms with Crippen molar-refractivity contribution in [1.29, 1.82) is 0 Å². The van der Waals surface area contributed by atoms with E-state index in [-0.39, 0.29) is 4.90 Å². The molecule has 0 saturated carbocycles. The largest absolute Gasteiger partial charge is 0.496 e. The van der Waals surface area contributed by atoms with E-state index >= 15 is 0 Å². The summed E-state index contributed by atoms with van der Waals surface area (Å²) in [5.74, 6) is 0.593. The molecule has 1 rings (SSSR count). The summed E-state index contributed by atoms with van der Waals surface area (Å²) in [6, 6.07) is 3.45. The quantitative estimate of drug-likeness (QED) is 0.833. The number of carbonyl (C=O) groups is 1. The van der Waals surface area contributed by atoms with Crippen molar-refractivity contribution in [2.24, 2.45) is 0 Å². The third-order valence-corrected chi connectivity index (χ3v) is 4.21. The maximum Gasteiger partial charge on any atom is 0.241 e. The van der Waals surface area contributed by atoms with Gasteiger partial charge in [0.05, 0.1) is 18.0 Å². The predicted molar refractivity (Wildman–Crippen MR) is 68.4 cm³/mol. The maximum atomic E-state index is 11.9. The van der Waals surface area contributed by atoms with Crippen LogP contribution in [0, 0.1) is 6.92 Å². The van der Waals surface area contributed by atoms with Crippen molar-refractivity contribution >= 4 is 26.9 Å². The first-order chi connectivity index (χ1) is 8.27. The average Bonchev–Trinajstić information content (AvgIpc) is 2.28. The SMILES string of the molecule is COc1ccc(S(=O)(=O)NC(C)C(=O)Cl)cc1C. The Hall–Kier alpha value is -1.11. The Morgan fingerprint density at radius 3 is 2.50 bits per heavy atom. The highest BCUT2D eigenvalue weighted by Gasteiger charge is 2.21. The molecule has 1 atom stereocenters. The summed E-state index contributed by atoms with van der Waals surface area (Å²) in [5, 5.41) is -0.760. The first kappa shape index (κ1) is 14.9. The summed E-state index contributed by atoms with van der Waals surface area (Å²) in [4.78, 5) is 10.9. The van der Waals surface area contributed by atoms with Gasteiger partial charge in [0.1, 0.15) is 5.75 Å². The van der Waals surface area contributed by atoms with Gasteiger partial charge in [-0.05, 0) is 49.2 Å². The van der Waals surface area contributed by atoms with Crippen molar-refractivity contribution < 1.29 is 17.9 Å². The van der Waals surface area contributed by atoms with E-state index in [9.17, 15) is 13.2 Å². The number of rotatable bonds is 5. The van der Waals surface area contributed by atoms with E-state index in [1.807, 2.05) is 0 Å². The standard InChI is InChI=1S/C11H14ClNO4S/c1-7-6-9(4-5-10(7)17-3)18(15,16)13-8(2)11(12)14/h4-6,8,13H,1-3H3. The Morgan fingerprint density at radius 1 is 1.44 bits per heavy atom. The fourth-order valence-corrected chi connectivity index (χ4v) is 2.77. The highest BCUT2D eigenvalue weighted by atomic mass is 35.5. The van der Waals surface area contributed by atoms with Crippen molar-refractivity contribution in [2.75, 3.05) is 7.11 Å². The van der Waals surface area contributed by atoms with Crippen molar-refractivity contribution in [3.05, 3.63) is 23.8 Å². The number of nitrogens with one attached hydrogen (secondary N) is 1. The number of halogens is 1. The Balaban J connectivity index is 3.06. The number of benzene rings is 1. The Bertz CT molecular complexity index is 556. The zero-order valence-electron chi connectivity index (χ0n) is 10.2. The lowest BCUT2D eigenvalue weighted by Crippen LogP contribution is -2.36. The van der Waals surface area contributed by atoms with Gasteiger partial charge in [0.15, 0.2) is 0 Å². The second-order valence-electron chi connectivity index (χ2n) is 3.78. The molecule has 0 aromatic heterocycles. The summed E-state index contributed by atoms with van der Waals surface area (Å²) >= 11 is 5.21. The van der Waals surface area contributed by atoms with Crippen LogP contribution in [-0.2, 0) is 14.8 Å². The van der Waals surface area contributed by atoms with Gasteiger partial charge >= 0.3 is 0 Å². The van der Waals surface area contributed by atoms with Gasteiger partial charge in [-0.25, -0.2) is 8.42 Å². The zero-order valence-corrected chi connectivity index (χ0v) is 11.8. The molecular weight excluding hydrogens is 278 g/mol. The van der Waals surface area contributed by atoms with Crippen LogP contribution >= 0.6 is 11.6 Å². The molecule has 0 aliphatic heterocycles. The zero-order chi connectivity index (χ0) is 13.9. The lowest BCUT2D eigenvalue weighted by molar-refractivity contribution is -0.112. The molecule has 0 fully saturated rings. The number of aryl methyl sites for hydroxylation is 1. The van der Waals surface area contributed by atoms with Crippen LogP contribution in [0.25, 0.3) is 0 Å². The molecule has 0 radical (unpaired) electrons. The molecule has 1 aromatic rings. The molecule has 18 heavy (non-hydrogen) atoms. The van der Waals surface area contributed by atoms with Gasteiger partial charge < -0.3 is 4.74 Å². The number of methoxy groups -OCH3 is 1. The number of hydrogen-bond acceptors (Lipinski definition) is 4. The van der Waals surface area contributed by atoms with Gasteiger partial charge in [0, 0.05) is 0 Å². The molecule has 0 saturated heterocycles. The third-order valence-electron chi connectivity index (χ3n) is 2.35. The van der Waals surface area contributed by atoms with Crippen LogP contribution in [-0.4, -0.2) is 26.8 Å². The van der Waals surface area contributed by atoms with Crippen LogP contribution in [0.15, 0.2) is 23.1 Å². The van der Waals surface area contributed by atoms with E-state index in [2.05, 4.69) is 4.72 Å². The van der Waals surface area contributed by atoms with Crippen LogP contribution in [0.2, 0.25) is 0 Å². The summed E-state index contributed by atoms with van der Waals surface area (Å²) < 4.78 is 31.1. The van der Waals surface area contributed by atoms with Crippen LogP contribution in [0.5, 0.6) is 5.75 Å². The second-order valence-corrected chi connectivity index (χ2v) is 5.87. The van der Waals surface area contributed by atoms with E-state index in [1.54, 1.807) is 13.0 Å². The topological polar surface area (TPSA) is 72.5 Å². The van der Waals surface area contributed by atoms with Crippen LogP contribution in [0.1, 0.15) is 12.5 Å². The van der Waals surface area contributed by atoms with Gasteiger partial charge in [-0.15, -0.1) is 0 Å². The molecule has 7 heteroatoms. The molecule has 100 valence electrons. The molecule has 1 N–H and O–H groups in total. The summed E-state index contributed by atoms with van der Waals surface area (Å²) in [5.41, 5.74) is 0.685. The van der Waals surface area contributed by atoms with E-state index in [4.69, 9.17) is 16.3 Å². The first-order valence-electron chi connectivity index (χ1n) is 5.14. The minimum Gasteiger partial charge on any atom is -0.496 e. The Kier molecular flexibility index (Phi) is 4.72. The Morgan fingerprint density at radius 2 is 2.06 bits per heavy atom. The molecule has 0 amide bonds. The number of carbonyl (C=O) groups excluding carboxylic acids is 1. The highest BCUT2D eigenvalue weighted by molar-refractivity contribution is 7.89. The molecule has 0 spiro atoms. The molecule has 0 aliphatic rings. The lowest BCUT2D eigenvalue weighted by atomic mass is 10.2. The molecule has 1 unspecified atom stereocenters. The normalized spacial score (nSPS) is 13.1.